The molecule has 37 heavy (non-hydrogen) atoms. The normalized spacial score (nSPS) is 20.0. The molecule has 0 aromatic heterocycles. The zero-order chi connectivity index (χ0) is 25.4. The number of allylic oxidation sites excluding steroid dienone is 2. The number of rotatable bonds is 6. The quantitative estimate of drug-likeness (QED) is 0.251. The number of ether oxygens (including phenoxy) is 1. The smallest absolute Gasteiger partial charge is 0.261 e. The number of hydrogen-bond acceptors (Lipinski definition) is 4. The van der Waals surface area contributed by atoms with Crippen molar-refractivity contribution in [2.45, 2.75) is 23.3 Å². The van der Waals surface area contributed by atoms with Gasteiger partial charge in [-0.25, -0.2) is 8.42 Å². The van der Waals surface area contributed by atoms with Crippen LogP contribution in [-0.4, -0.2) is 8.42 Å². The van der Waals surface area contributed by atoms with Gasteiger partial charge < -0.3 is 10.1 Å². The van der Waals surface area contributed by atoms with Crippen molar-refractivity contribution in [2.75, 3.05) is 10.0 Å². The van der Waals surface area contributed by atoms with Crippen molar-refractivity contribution in [3.63, 3.8) is 0 Å². The lowest BCUT2D eigenvalue weighted by atomic mass is 9.77. The van der Waals surface area contributed by atoms with Crippen LogP contribution in [-0.2, 0) is 10.0 Å². The van der Waals surface area contributed by atoms with Gasteiger partial charge >= 0.3 is 0 Å². The molecule has 2 aliphatic rings. The first-order valence-electron chi connectivity index (χ1n) is 12.1. The highest BCUT2D eigenvalue weighted by Crippen LogP contribution is 2.50. The Kier molecular flexibility index (Phi) is 6.14. The molecular weight excluding hydrogens is 504 g/mol. The number of para-hydroxylation sites is 1. The van der Waals surface area contributed by atoms with Crippen molar-refractivity contribution in [2.24, 2.45) is 5.92 Å². The van der Waals surface area contributed by atoms with Gasteiger partial charge in [0.2, 0.25) is 0 Å². The minimum absolute atomic E-state index is 0.100. The van der Waals surface area contributed by atoms with Crippen molar-refractivity contribution >= 4 is 33.0 Å². The molecule has 5 nitrogen and oxygen atoms in total. The molecule has 1 heterocycles. The molecule has 7 heteroatoms. The molecule has 186 valence electrons. The van der Waals surface area contributed by atoms with E-state index in [0.29, 0.717) is 16.5 Å². The van der Waals surface area contributed by atoms with Gasteiger partial charge in [-0.3, -0.25) is 4.72 Å². The number of anilines is 2. The van der Waals surface area contributed by atoms with Crippen LogP contribution in [0.15, 0.2) is 114 Å². The van der Waals surface area contributed by atoms with Crippen LogP contribution in [0.2, 0.25) is 5.02 Å². The summed E-state index contributed by atoms with van der Waals surface area (Å²) in [6.07, 6.45) is 5.29. The SMILES string of the molecule is O=S(=O)(Nc1ccc(Oc2ccccc2)cc1)c1ccc2c(c1)[C@H]1C=CC[C@H]1[C@@H](c1cccc(Cl)c1)N2. The first kappa shape index (κ1) is 23.6. The van der Waals surface area contributed by atoms with Gasteiger partial charge in [-0.2, -0.15) is 0 Å². The summed E-state index contributed by atoms with van der Waals surface area (Å²) < 4.78 is 35.1. The molecule has 4 aromatic rings. The average molecular weight is 529 g/mol. The van der Waals surface area contributed by atoms with E-state index < -0.39 is 10.0 Å². The van der Waals surface area contributed by atoms with Gasteiger partial charge in [-0.05, 0) is 90.2 Å². The third-order valence-corrected chi connectivity index (χ3v) is 8.55. The number of hydrogen-bond donors (Lipinski definition) is 2. The molecule has 0 unspecified atom stereocenters. The Labute approximate surface area is 221 Å². The van der Waals surface area contributed by atoms with E-state index in [0.717, 1.165) is 29.0 Å². The van der Waals surface area contributed by atoms with Gasteiger partial charge in [0, 0.05) is 22.3 Å². The number of sulfonamides is 1. The van der Waals surface area contributed by atoms with Crippen LogP contribution in [0.1, 0.15) is 29.5 Å². The fourth-order valence-corrected chi connectivity index (χ4v) is 6.49. The second-order valence-electron chi connectivity index (χ2n) is 9.32. The maximum Gasteiger partial charge on any atom is 0.261 e. The second-order valence-corrected chi connectivity index (χ2v) is 11.4. The van der Waals surface area contributed by atoms with Gasteiger partial charge in [0.15, 0.2) is 0 Å². The molecule has 0 fully saturated rings. The van der Waals surface area contributed by atoms with Crippen molar-refractivity contribution < 1.29 is 13.2 Å². The molecular formula is C30H25ClN2O3S. The van der Waals surface area contributed by atoms with Gasteiger partial charge in [-0.15, -0.1) is 0 Å². The molecule has 1 aliphatic carbocycles. The molecule has 0 saturated heterocycles. The Bertz CT molecular complexity index is 1570. The Balaban J connectivity index is 1.23. The van der Waals surface area contributed by atoms with Crippen LogP contribution in [0.25, 0.3) is 0 Å². The van der Waals surface area contributed by atoms with Crippen molar-refractivity contribution in [1.29, 1.82) is 0 Å². The first-order valence-corrected chi connectivity index (χ1v) is 14.0. The van der Waals surface area contributed by atoms with E-state index >= 15 is 0 Å². The summed E-state index contributed by atoms with van der Waals surface area (Å²) in [5.41, 5.74) is 3.54. The summed E-state index contributed by atoms with van der Waals surface area (Å²) in [7, 11) is -3.78. The van der Waals surface area contributed by atoms with Crippen LogP contribution >= 0.6 is 11.6 Å². The fraction of sp³-hybridized carbons (Fsp3) is 0.133. The minimum Gasteiger partial charge on any atom is -0.457 e. The van der Waals surface area contributed by atoms with Crippen LogP contribution < -0.4 is 14.8 Å². The van der Waals surface area contributed by atoms with Crippen LogP contribution in [0.5, 0.6) is 11.5 Å². The van der Waals surface area contributed by atoms with Gasteiger partial charge in [-0.1, -0.05) is 54.1 Å². The highest BCUT2D eigenvalue weighted by molar-refractivity contribution is 7.92. The molecule has 6 rings (SSSR count). The summed E-state index contributed by atoms with van der Waals surface area (Å²) in [6.45, 7) is 0. The highest BCUT2D eigenvalue weighted by Gasteiger charge is 2.38. The van der Waals surface area contributed by atoms with Crippen molar-refractivity contribution in [3.05, 3.63) is 125 Å². The number of benzene rings is 4. The number of halogens is 1. The summed E-state index contributed by atoms with van der Waals surface area (Å²) in [6, 6.07) is 29.6. The molecule has 4 aromatic carbocycles. The van der Waals surface area contributed by atoms with Gasteiger partial charge in [0.25, 0.3) is 10.0 Å². The van der Waals surface area contributed by atoms with Crippen molar-refractivity contribution in [1.82, 2.24) is 0 Å². The summed E-state index contributed by atoms with van der Waals surface area (Å²) in [4.78, 5) is 0.234. The molecule has 0 radical (unpaired) electrons. The van der Waals surface area contributed by atoms with E-state index in [1.165, 1.54) is 0 Å². The first-order chi connectivity index (χ1) is 18.0. The summed E-state index contributed by atoms with van der Waals surface area (Å²) in [5.74, 6) is 1.76. The lowest BCUT2D eigenvalue weighted by Gasteiger charge is -2.37. The summed E-state index contributed by atoms with van der Waals surface area (Å²) >= 11 is 6.27. The second kappa shape index (κ2) is 9.61. The maximum absolute atomic E-state index is 13.3. The largest absolute Gasteiger partial charge is 0.457 e. The molecule has 3 atom stereocenters. The molecule has 0 amide bonds. The third kappa shape index (κ3) is 4.82. The standard InChI is InChI=1S/C30H25ClN2O3S/c31-21-7-4-6-20(18-21)30-27-11-5-10-26(27)28-19-25(16-17-29(28)32-30)37(34,35)33-22-12-14-24(15-13-22)36-23-8-2-1-3-9-23/h1-10,12-19,26-27,30,32-33H,11H2/t26-,27+,30+/m0/s1. The van der Waals surface area contributed by atoms with E-state index in [9.17, 15) is 8.42 Å². The zero-order valence-electron chi connectivity index (χ0n) is 19.8. The monoisotopic (exact) mass is 528 g/mol. The predicted octanol–water partition coefficient (Wildman–Crippen LogP) is 7.76. The van der Waals surface area contributed by atoms with Gasteiger partial charge in [0.05, 0.1) is 10.9 Å². The van der Waals surface area contributed by atoms with E-state index in [-0.39, 0.29) is 22.8 Å². The van der Waals surface area contributed by atoms with E-state index in [4.69, 9.17) is 16.3 Å². The molecule has 0 bridgehead atoms. The lowest BCUT2D eigenvalue weighted by Crippen LogP contribution is -2.29. The Morgan fingerprint density at radius 2 is 1.65 bits per heavy atom. The highest BCUT2D eigenvalue weighted by atomic mass is 35.5. The average Bonchev–Trinajstić information content (AvgIpc) is 3.40. The lowest BCUT2D eigenvalue weighted by molar-refractivity contribution is 0.425. The fourth-order valence-electron chi connectivity index (χ4n) is 5.20. The van der Waals surface area contributed by atoms with E-state index in [2.05, 4.69) is 28.3 Å². The maximum atomic E-state index is 13.3. The van der Waals surface area contributed by atoms with Crippen LogP contribution in [0.4, 0.5) is 11.4 Å². The van der Waals surface area contributed by atoms with Gasteiger partial charge in [0.1, 0.15) is 11.5 Å². The predicted molar refractivity (Wildman–Crippen MR) is 148 cm³/mol. The molecule has 0 spiro atoms. The van der Waals surface area contributed by atoms with Crippen LogP contribution in [0, 0.1) is 5.92 Å². The van der Waals surface area contributed by atoms with E-state index in [1.54, 1.807) is 36.4 Å². The Morgan fingerprint density at radius 3 is 2.43 bits per heavy atom. The number of nitrogens with one attached hydrogen (secondary N) is 2. The van der Waals surface area contributed by atoms with Crippen LogP contribution in [0.3, 0.4) is 0 Å². The van der Waals surface area contributed by atoms with E-state index in [1.807, 2.05) is 54.6 Å². The zero-order valence-corrected chi connectivity index (χ0v) is 21.4. The Hall–Kier alpha value is -3.74. The molecule has 2 N–H and O–H groups in total. The Morgan fingerprint density at radius 1 is 0.865 bits per heavy atom. The summed E-state index contributed by atoms with van der Waals surface area (Å²) in [5, 5.41) is 4.35. The van der Waals surface area contributed by atoms with Crippen molar-refractivity contribution in [3.8, 4) is 11.5 Å². The topological polar surface area (TPSA) is 67.4 Å². The molecule has 1 aliphatic heterocycles. The molecule has 0 saturated carbocycles. The minimum atomic E-state index is -3.78. The number of fused-ring (bicyclic) bond motifs is 3. The third-order valence-electron chi connectivity index (χ3n) is 6.94.